The highest BCUT2D eigenvalue weighted by molar-refractivity contribution is 7.80. The molecule has 0 aliphatic carbocycles. The average Bonchev–Trinajstić information content (AvgIpc) is 2.20. The Morgan fingerprint density at radius 2 is 1.94 bits per heavy atom. The van der Waals surface area contributed by atoms with Gasteiger partial charge in [0.25, 0.3) is 0 Å². The zero-order valence-corrected chi connectivity index (χ0v) is 11.2. The topological polar surface area (TPSA) is 55.6 Å². The second-order valence-corrected chi connectivity index (χ2v) is 4.76. The molecular weight excluding hydrogens is 224 g/mol. The van der Waals surface area contributed by atoms with E-state index in [-0.39, 0.29) is 5.97 Å². The van der Waals surface area contributed by atoms with Crippen molar-refractivity contribution in [2.24, 2.45) is 11.7 Å². The number of thiocarbonyl (C=S) groups is 1. The van der Waals surface area contributed by atoms with Gasteiger partial charge in [-0.2, -0.15) is 0 Å². The monoisotopic (exact) mass is 246 g/mol. The number of esters is 1. The van der Waals surface area contributed by atoms with Gasteiger partial charge in [-0.15, -0.1) is 0 Å². The maximum absolute atomic E-state index is 11.0. The van der Waals surface area contributed by atoms with Crippen LogP contribution in [0, 0.1) is 5.92 Å². The molecule has 0 rings (SSSR count). The van der Waals surface area contributed by atoms with E-state index < -0.39 is 0 Å². The van der Waals surface area contributed by atoms with E-state index in [4.69, 9.17) is 18.0 Å². The van der Waals surface area contributed by atoms with Crippen molar-refractivity contribution in [2.75, 3.05) is 26.7 Å². The van der Waals surface area contributed by atoms with Gasteiger partial charge in [-0.3, -0.25) is 4.79 Å². The third-order valence-electron chi connectivity index (χ3n) is 2.16. The molecule has 2 N–H and O–H groups in total. The van der Waals surface area contributed by atoms with E-state index in [9.17, 15) is 4.79 Å². The Morgan fingerprint density at radius 3 is 2.38 bits per heavy atom. The highest BCUT2D eigenvalue weighted by atomic mass is 32.1. The first kappa shape index (κ1) is 15.3. The molecule has 0 atom stereocenters. The van der Waals surface area contributed by atoms with Gasteiger partial charge in [-0.05, 0) is 5.92 Å². The second-order valence-electron chi connectivity index (χ2n) is 4.24. The number of hydrogen-bond donors (Lipinski definition) is 1. The number of methoxy groups -OCH3 is 1. The first-order valence-electron chi connectivity index (χ1n) is 5.53. The summed E-state index contributed by atoms with van der Waals surface area (Å²) in [6.45, 7) is 6.75. The van der Waals surface area contributed by atoms with Crippen LogP contribution in [0.4, 0.5) is 0 Å². The van der Waals surface area contributed by atoms with Crippen LogP contribution >= 0.6 is 12.2 Å². The molecule has 0 aromatic carbocycles. The Bertz CT molecular complexity index is 232. The molecule has 94 valence electrons. The lowest BCUT2D eigenvalue weighted by Gasteiger charge is -2.23. The molecular formula is C11H22N2O2S. The van der Waals surface area contributed by atoms with Crippen LogP contribution in [0.2, 0.25) is 0 Å². The minimum atomic E-state index is -0.177. The van der Waals surface area contributed by atoms with Crippen LogP contribution in [0.15, 0.2) is 0 Å². The number of carbonyl (C=O) groups excluding carboxylic acids is 1. The molecule has 0 fully saturated rings. The lowest BCUT2D eigenvalue weighted by atomic mass is 10.2. The summed E-state index contributed by atoms with van der Waals surface area (Å²) in [5, 5.41) is 0. The molecule has 5 heteroatoms. The molecule has 0 spiro atoms. The summed E-state index contributed by atoms with van der Waals surface area (Å²) in [5.41, 5.74) is 5.47. The molecule has 0 aliphatic rings. The number of carbonyl (C=O) groups is 1. The van der Waals surface area contributed by atoms with Crippen LogP contribution in [0.25, 0.3) is 0 Å². The summed E-state index contributed by atoms with van der Waals surface area (Å²) in [5.74, 6) is 0.382. The Balaban J connectivity index is 3.99. The van der Waals surface area contributed by atoms with Gasteiger partial charge in [0.2, 0.25) is 0 Å². The van der Waals surface area contributed by atoms with Crippen LogP contribution < -0.4 is 5.73 Å². The fourth-order valence-electron chi connectivity index (χ4n) is 1.43. The van der Waals surface area contributed by atoms with E-state index in [1.165, 1.54) is 7.11 Å². The average molecular weight is 246 g/mol. The first-order valence-corrected chi connectivity index (χ1v) is 5.94. The van der Waals surface area contributed by atoms with Crippen molar-refractivity contribution < 1.29 is 9.53 Å². The molecule has 0 heterocycles. The zero-order chi connectivity index (χ0) is 12.6. The van der Waals surface area contributed by atoms with Gasteiger partial charge >= 0.3 is 5.97 Å². The summed E-state index contributed by atoms with van der Waals surface area (Å²) in [4.78, 5) is 13.8. The van der Waals surface area contributed by atoms with Crippen LogP contribution in [-0.4, -0.2) is 42.6 Å². The highest BCUT2D eigenvalue weighted by Gasteiger charge is 2.10. The summed E-state index contributed by atoms with van der Waals surface area (Å²) in [7, 11) is 1.41. The summed E-state index contributed by atoms with van der Waals surface area (Å²) in [6.07, 6.45) is 1.11. The van der Waals surface area contributed by atoms with Crippen molar-refractivity contribution in [1.29, 1.82) is 0 Å². The Morgan fingerprint density at radius 1 is 1.38 bits per heavy atom. The predicted molar refractivity (Wildman–Crippen MR) is 69.3 cm³/mol. The third kappa shape index (κ3) is 8.61. The second kappa shape index (κ2) is 8.47. The number of hydrogen-bond acceptors (Lipinski definition) is 4. The van der Waals surface area contributed by atoms with Gasteiger partial charge in [0.05, 0.1) is 18.5 Å². The lowest BCUT2D eigenvalue weighted by Crippen LogP contribution is -2.33. The van der Waals surface area contributed by atoms with Gasteiger partial charge in [0.15, 0.2) is 0 Å². The fourth-order valence-corrected chi connectivity index (χ4v) is 1.52. The van der Waals surface area contributed by atoms with Crippen molar-refractivity contribution in [2.45, 2.75) is 26.7 Å². The highest BCUT2D eigenvalue weighted by Crippen LogP contribution is 2.02. The minimum Gasteiger partial charge on any atom is -0.469 e. The Hall–Kier alpha value is -0.680. The lowest BCUT2D eigenvalue weighted by molar-refractivity contribution is -0.141. The van der Waals surface area contributed by atoms with E-state index in [0.717, 1.165) is 13.1 Å². The number of ether oxygens (including phenoxy) is 1. The minimum absolute atomic E-state index is 0.177. The summed E-state index contributed by atoms with van der Waals surface area (Å²) >= 11 is 4.85. The van der Waals surface area contributed by atoms with Gasteiger partial charge in [0.1, 0.15) is 0 Å². The first-order chi connectivity index (χ1) is 7.45. The van der Waals surface area contributed by atoms with Crippen molar-refractivity contribution in [3.63, 3.8) is 0 Å². The van der Waals surface area contributed by atoms with Gasteiger partial charge in [0, 0.05) is 26.1 Å². The summed E-state index contributed by atoms with van der Waals surface area (Å²) in [6, 6.07) is 0. The Kier molecular flexibility index (Phi) is 8.11. The van der Waals surface area contributed by atoms with Crippen molar-refractivity contribution in [1.82, 2.24) is 4.90 Å². The normalized spacial score (nSPS) is 10.8. The number of nitrogens with two attached hydrogens (primary N) is 1. The van der Waals surface area contributed by atoms with E-state index in [0.29, 0.717) is 30.3 Å². The van der Waals surface area contributed by atoms with E-state index in [1.54, 1.807) is 0 Å². The van der Waals surface area contributed by atoms with Crippen LogP contribution in [0.1, 0.15) is 26.7 Å². The Labute approximate surface area is 103 Å². The third-order valence-corrected chi connectivity index (χ3v) is 2.36. The molecule has 4 nitrogen and oxygen atoms in total. The van der Waals surface area contributed by atoms with E-state index >= 15 is 0 Å². The van der Waals surface area contributed by atoms with Gasteiger partial charge < -0.3 is 15.4 Å². The molecule has 16 heavy (non-hydrogen) atoms. The zero-order valence-electron chi connectivity index (χ0n) is 10.4. The molecule has 0 unspecified atom stereocenters. The van der Waals surface area contributed by atoms with Crippen molar-refractivity contribution in [3.05, 3.63) is 0 Å². The molecule has 0 saturated carbocycles. The maximum atomic E-state index is 11.0. The predicted octanol–water partition coefficient (Wildman–Crippen LogP) is 1.18. The molecule has 0 aromatic rings. The largest absolute Gasteiger partial charge is 0.469 e. The number of nitrogens with zero attached hydrogens (tertiary/aromatic N) is 1. The molecule has 0 radical (unpaired) electrons. The molecule has 0 aliphatic heterocycles. The van der Waals surface area contributed by atoms with Gasteiger partial charge in [-0.1, -0.05) is 26.1 Å². The molecule has 0 bridgehead atoms. The van der Waals surface area contributed by atoms with Crippen LogP contribution in [-0.2, 0) is 9.53 Å². The smallest absolute Gasteiger partial charge is 0.306 e. The SMILES string of the molecule is COC(=O)CCN(CCC(N)=S)CC(C)C. The van der Waals surface area contributed by atoms with E-state index in [1.807, 2.05) is 0 Å². The number of rotatable bonds is 8. The quantitative estimate of drug-likeness (QED) is 0.515. The molecule has 0 saturated heterocycles. The fraction of sp³-hybridized carbons (Fsp3) is 0.818. The summed E-state index contributed by atoms with van der Waals surface area (Å²) < 4.78 is 4.62. The molecule has 0 aromatic heterocycles. The van der Waals surface area contributed by atoms with E-state index in [2.05, 4.69) is 23.5 Å². The van der Waals surface area contributed by atoms with Crippen LogP contribution in [0.3, 0.4) is 0 Å². The van der Waals surface area contributed by atoms with Crippen molar-refractivity contribution in [3.8, 4) is 0 Å². The van der Waals surface area contributed by atoms with Gasteiger partial charge in [-0.25, -0.2) is 0 Å². The molecule has 0 amide bonds. The maximum Gasteiger partial charge on any atom is 0.306 e. The van der Waals surface area contributed by atoms with Crippen molar-refractivity contribution >= 4 is 23.2 Å². The standard InChI is InChI=1S/C11H22N2O2S/c1-9(2)8-13(6-4-10(12)16)7-5-11(14)15-3/h9H,4-8H2,1-3H3,(H2,12,16). The van der Waals surface area contributed by atoms with Crippen LogP contribution in [0.5, 0.6) is 0 Å².